The number of fused-ring (bicyclic) bond motifs is 2. The van der Waals surface area contributed by atoms with E-state index >= 15 is 0 Å². The number of hydrogen-bond acceptors (Lipinski definition) is 7. The van der Waals surface area contributed by atoms with Crippen LogP contribution >= 0.6 is 0 Å². The molecule has 35 heavy (non-hydrogen) atoms. The van der Waals surface area contributed by atoms with Gasteiger partial charge in [0.2, 0.25) is 5.95 Å². The zero-order valence-electron chi connectivity index (χ0n) is 20.3. The lowest BCUT2D eigenvalue weighted by molar-refractivity contribution is 0.553. The molecule has 9 heteroatoms. The van der Waals surface area contributed by atoms with E-state index in [1.54, 1.807) is 10.9 Å². The van der Waals surface area contributed by atoms with Crippen molar-refractivity contribution in [3.63, 3.8) is 0 Å². The molecule has 1 saturated carbocycles. The average molecular weight is 471 g/mol. The summed E-state index contributed by atoms with van der Waals surface area (Å²) in [6.45, 7) is 6.14. The van der Waals surface area contributed by atoms with Crippen LogP contribution in [0.3, 0.4) is 0 Å². The third-order valence-corrected chi connectivity index (χ3v) is 6.94. The number of hydrogen-bond donors (Lipinski definition) is 2. The van der Waals surface area contributed by atoms with E-state index in [1.807, 2.05) is 29.9 Å². The van der Waals surface area contributed by atoms with Gasteiger partial charge in [0.05, 0.1) is 6.04 Å². The molecule has 1 aliphatic carbocycles. The van der Waals surface area contributed by atoms with Gasteiger partial charge in [-0.15, -0.1) is 0 Å². The molecule has 0 spiro atoms. The Hall–Kier alpha value is -3.72. The Bertz CT molecular complexity index is 1470. The van der Waals surface area contributed by atoms with Gasteiger partial charge in [0.25, 0.3) is 5.56 Å². The van der Waals surface area contributed by atoms with Gasteiger partial charge < -0.3 is 15.5 Å². The summed E-state index contributed by atoms with van der Waals surface area (Å²) in [7, 11) is 2.03. The largest absolute Gasteiger partial charge is 0.357 e. The van der Waals surface area contributed by atoms with Crippen LogP contribution in [-0.4, -0.2) is 43.9 Å². The molecule has 0 unspecified atom stereocenters. The normalized spacial score (nSPS) is 15.4. The van der Waals surface area contributed by atoms with Crippen molar-refractivity contribution in [3.8, 4) is 5.82 Å². The molecule has 4 heterocycles. The Labute approximate surface area is 203 Å². The zero-order chi connectivity index (χ0) is 24.1. The molecule has 1 aliphatic heterocycles. The predicted octanol–water partition coefficient (Wildman–Crippen LogP) is 3.55. The van der Waals surface area contributed by atoms with Crippen LogP contribution in [0.1, 0.15) is 43.9 Å². The van der Waals surface area contributed by atoms with E-state index in [0.29, 0.717) is 28.8 Å². The van der Waals surface area contributed by atoms with E-state index in [-0.39, 0.29) is 11.6 Å². The fraction of sp³-hybridized carbons (Fsp3) is 0.385. The molecule has 9 nitrogen and oxygen atoms in total. The zero-order valence-corrected chi connectivity index (χ0v) is 20.3. The average Bonchev–Trinajstić information content (AvgIpc) is 3.67. The lowest BCUT2D eigenvalue weighted by Crippen LogP contribution is -2.27. The summed E-state index contributed by atoms with van der Waals surface area (Å²) in [6.07, 6.45) is 4.59. The van der Waals surface area contributed by atoms with Crippen molar-refractivity contribution in [1.82, 2.24) is 29.6 Å². The van der Waals surface area contributed by atoms with Gasteiger partial charge in [-0.2, -0.15) is 4.98 Å². The highest BCUT2D eigenvalue weighted by Gasteiger charge is 2.31. The second-order valence-electron chi connectivity index (χ2n) is 9.72. The summed E-state index contributed by atoms with van der Waals surface area (Å²) >= 11 is 0. The van der Waals surface area contributed by atoms with Gasteiger partial charge in [-0.05, 0) is 75.0 Å². The molecule has 0 saturated heterocycles. The van der Waals surface area contributed by atoms with Crippen molar-refractivity contribution in [2.75, 3.05) is 23.8 Å². The highest BCUT2D eigenvalue weighted by atomic mass is 16.1. The van der Waals surface area contributed by atoms with Crippen LogP contribution in [0.2, 0.25) is 0 Å². The van der Waals surface area contributed by atoms with Crippen LogP contribution in [0.15, 0.2) is 47.4 Å². The van der Waals surface area contributed by atoms with E-state index in [2.05, 4.69) is 52.6 Å². The number of nitrogens with zero attached hydrogens (tertiary/aromatic N) is 6. The molecule has 2 aliphatic rings. The van der Waals surface area contributed by atoms with Gasteiger partial charge in [0, 0.05) is 31.5 Å². The van der Waals surface area contributed by atoms with Gasteiger partial charge in [-0.3, -0.25) is 4.79 Å². The van der Waals surface area contributed by atoms with Crippen LogP contribution in [0.5, 0.6) is 0 Å². The molecular weight excluding hydrogens is 440 g/mol. The van der Waals surface area contributed by atoms with Crippen LogP contribution in [0.4, 0.5) is 17.5 Å². The van der Waals surface area contributed by atoms with Crippen molar-refractivity contribution >= 4 is 28.5 Å². The number of benzene rings is 1. The maximum Gasteiger partial charge on any atom is 0.278 e. The first-order valence-electron chi connectivity index (χ1n) is 12.3. The van der Waals surface area contributed by atoms with Gasteiger partial charge in [-0.1, -0.05) is 12.1 Å². The Morgan fingerprint density at radius 1 is 1.14 bits per heavy atom. The first-order valence-corrected chi connectivity index (χ1v) is 12.3. The third kappa shape index (κ3) is 3.95. The van der Waals surface area contributed by atoms with Gasteiger partial charge in [-0.25, -0.2) is 19.3 Å². The molecule has 1 aromatic carbocycles. The topological polar surface area (TPSA) is 92.9 Å². The molecule has 6 rings (SSSR count). The van der Waals surface area contributed by atoms with Crippen LogP contribution in [0, 0.1) is 0 Å². The van der Waals surface area contributed by atoms with E-state index in [9.17, 15) is 4.79 Å². The number of pyridine rings is 1. The second-order valence-corrected chi connectivity index (χ2v) is 9.72. The smallest absolute Gasteiger partial charge is 0.278 e. The Kier molecular flexibility index (Phi) is 5.29. The molecule has 1 fully saturated rings. The molecule has 0 radical (unpaired) electrons. The van der Waals surface area contributed by atoms with Crippen molar-refractivity contribution in [2.24, 2.45) is 0 Å². The van der Waals surface area contributed by atoms with E-state index < -0.39 is 0 Å². The Morgan fingerprint density at radius 3 is 2.80 bits per heavy atom. The fourth-order valence-corrected chi connectivity index (χ4v) is 4.60. The van der Waals surface area contributed by atoms with Gasteiger partial charge in [0.1, 0.15) is 11.2 Å². The van der Waals surface area contributed by atoms with Crippen molar-refractivity contribution in [2.45, 2.75) is 51.7 Å². The van der Waals surface area contributed by atoms with E-state index in [1.165, 1.54) is 11.1 Å². The summed E-state index contributed by atoms with van der Waals surface area (Å²) in [5, 5.41) is 7.25. The number of rotatable bonds is 6. The molecular formula is C26H30N8O. The van der Waals surface area contributed by atoms with Crippen molar-refractivity contribution in [3.05, 3.63) is 64.1 Å². The number of nitrogens with one attached hydrogen (secondary N) is 2. The lowest BCUT2D eigenvalue weighted by atomic mass is 10.0. The third-order valence-electron chi connectivity index (χ3n) is 6.94. The SMILES string of the molecule is CC(C)N(C)c1cccc(-n2c3nc(Nc4ccc5c(c4)CCNC5)ncc3c(=O)n2C2CC2)n1. The maximum absolute atomic E-state index is 13.4. The molecule has 0 amide bonds. The summed E-state index contributed by atoms with van der Waals surface area (Å²) in [5.41, 5.74) is 4.10. The minimum atomic E-state index is -0.0697. The highest BCUT2D eigenvalue weighted by molar-refractivity contribution is 5.77. The fourth-order valence-electron chi connectivity index (χ4n) is 4.60. The first-order chi connectivity index (χ1) is 17.0. The molecule has 3 aromatic heterocycles. The Morgan fingerprint density at radius 2 is 2.00 bits per heavy atom. The first kappa shape index (κ1) is 21.8. The van der Waals surface area contributed by atoms with Crippen molar-refractivity contribution < 1.29 is 0 Å². The molecule has 2 N–H and O–H groups in total. The second kappa shape index (κ2) is 8.49. The standard InChI is InChI=1S/C26H30N8O/c1-16(2)32(3)22-5-4-6-23(30-22)34-24-21(25(35)33(34)20-9-10-20)15-28-26(31-24)29-19-8-7-18-14-27-12-11-17(18)13-19/h4-8,13,15-16,20,27H,9-12,14H2,1-3H3,(H,28,29,31). The molecule has 0 atom stereocenters. The minimum absolute atomic E-state index is 0.0697. The summed E-state index contributed by atoms with van der Waals surface area (Å²) in [6, 6.07) is 12.7. The van der Waals surface area contributed by atoms with Crippen molar-refractivity contribution in [1.29, 1.82) is 0 Å². The summed E-state index contributed by atoms with van der Waals surface area (Å²) in [4.78, 5) is 29.7. The number of aromatic nitrogens is 5. The predicted molar refractivity (Wildman–Crippen MR) is 138 cm³/mol. The molecule has 180 valence electrons. The molecule has 4 aromatic rings. The lowest BCUT2D eigenvalue weighted by Gasteiger charge is -2.23. The number of anilines is 3. The van der Waals surface area contributed by atoms with E-state index in [4.69, 9.17) is 9.97 Å². The highest BCUT2D eigenvalue weighted by Crippen LogP contribution is 2.35. The minimum Gasteiger partial charge on any atom is -0.357 e. The van der Waals surface area contributed by atoms with Gasteiger partial charge >= 0.3 is 0 Å². The van der Waals surface area contributed by atoms with Gasteiger partial charge in [0.15, 0.2) is 11.5 Å². The van der Waals surface area contributed by atoms with Crippen LogP contribution < -0.4 is 21.1 Å². The Balaban J connectivity index is 1.44. The summed E-state index contributed by atoms with van der Waals surface area (Å²) in [5.74, 6) is 1.99. The monoisotopic (exact) mass is 470 g/mol. The van der Waals surface area contributed by atoms with Crippen LogP contribution in [-0.2, 0) is 13.0 Å². The maximum atomic E-state index is 13.4. The summed E-state index contributed by atoms with van der Waals surface area (Å²) < 4.78 is 3.68. The quantitative estimate of drug-likeness (QED) is 0.445. The molecule has 0 bridgehead atoms. The van der Waals surface area contributed by atoms with E-state index in [0.717, 1.165) is 43.9 Å². The van der Waals surface area contributed by atoms with Crippen LogP contribution in [0.25, 0.3) is 16.9 Å².